The molecule has 9 heteroatoms. The highest BCUT2D eigenvalue weighted by Gasteiger charge is 2.34. The van der Waals surface area contributed by atoms with Gasteiger partial charge < -0.3 is 14.5 Å². The molecule has 1 aliphatic rings. The van der Waals surface area contributed by atoms with Gasteiger partial charge in [0.2, 0.25) is 17.7 Å². The predicted octanol–water partition coefficient (Wildman–Crippen LogP) is 4.91. The number of hydrogen-bond donors (Lipinski definition) is 0. The van der Waals surface area contributed by atoms with E-state index in [1.807, 2.05) is 77.7 Å². The van der Waals surface area contributed by atoms with Crippen LogP contribution < -0.4 is 4.74 Å². The summed E-state index contributed by atoms with van der Waals surface area (Å²) in [5, 5.41) is 4.20. The molecule has 0 fully saturated rings. The molecule has 3 aromatic carbocycles. The van der Waals surface area contributed by atoms with Crippen LogP contribution in [0.5, 0.6) is 5.88 Å². The minimum atomic E-state index is -0.723. The number of amides is 2. The van der Waals surface area contributed by atoms with E-state index in [2.05, 4.69) is 27.2 Å². The summed E-state index contributed by atoms with van der Waals surface area (Å²) in [4.78, 5) is 40.4. The molecule has 6 rings (SSSR count). The van der Waals surface area contributed by atoms with Crippen LogP contribution in [0.4, 0.5) is 0 Å². The molecule has 5 aromatic rings. The Balaban J connectivity index is 1.33. The smallest absolute Gasteiger partial charge is 0.247 e. The van der Waals surface area contributed by atoms with Crippen molar-refractivity contribution in [3.05, 3.63) is 144 Å². The van der Waals surface area contributed by atoms with Gasteiger partial charge in [0.15, 0.2) is 0 Å². The average Bonchev–Trinajstić information content (AvgIpc) is 3.64. The van der Waals surface area contributed by atoms with E-state index in [0.717, 1.165) is 34.4 Å². The van der Waals surface area contributed by atoms with Gasteiger partial charge in [-0.15, -0.1) is 0 Å². The molecule has 0 aliphatic carbocycles. The molecule has 9 nitrogen and oxygen atoms in total. The van der Waals surface area contributed by atoms with Gasteiger partial charge in [0, 0.05) is 44.4 Å². The van der Waals surface area contributed by atoms with Crippen molar-refractivity contribution in [1.29, 1.82) is 0 Å². The van der Waals surface area contributed by atoms with E-state index in [1.54, 1.807) is 41.4 Å². The largest absolute Gasteiger partial charge is 0.481 e. The van der Waals surface area contributed by atoms with E-state index < -0.39 is 6.04 Å². The summed E-state index contributed by atoms with van der Waals surface area (Å²) in [6, 6.07) is 28.7. The van der Waals surface area contributed by atoms with Crippen LogP contribution in [-0.2, 0) is 35.5 Å². The van der Waals surface area contributed by atoms with Crippen LogP contribution in [0.1, 0.15) is 27.8 Å². The number of rotatable bonds is 10. The Morgan fingerprint density at radius 3 is 2.42 bits per heavy atom. The van der Waals surface area contributed by atoms with Crippen molar-refractivity contribution < 1.29 is 14.3 Å². The van der Waals surface area contributed by atoms with Crippen molar-refractivity contribution >= 4 is 17.9 Å². The molecule has 0 unspecified atom stereocenters. The number of fused-ring (bicyclic) bond motifs is 1. The summed E-state index contributed by atoms with van der Waals surface area (Å²) < 4.78 is 6.84. The Morgan fingerprint density at radius 2 is 1.71 bits per heavy atom. The Labute approximate surface area is 262 Å². The monoisotopic (exact) mass is 598 g/mol. The molecule has 45 heavy (non-hydrogen) atoms. The predicted molar refractivity (Wildman–Crippen MR) is 171 cm³/mol. The van der Waals surface area contributed by atoms with Crippen molar-refractivity contribution in [2.75, 3.05) is 13.7 Å². The average molecular weight is 599 g/mol. The summed E-state index contributed by atoms with van der Waals surface area (Å²) >= 11 is 0. The number of carbonyl (C=O) groups excluding carboxylic acids is 2. The molecule has 1 aliphatic heterocycles. The fourth-order valence-electron chi connectivity index (χ4n) is 5.57. The fraction of sp³-hybridized carbons (Fsp3) is 0.194. The van der Waals surface area contributed by atoms with Gasteiger partial charge in [0.05, 0.1) is 12.8 Å². The first-order valence-corrected chi connectivity index (χ1v) is 14.9. The van der Waals surface area contributed by atoms with E-state index in [-0.39, 0.29) is 18.4 Å². The van der Waals surface area contributed by atoms with E-state index >= 15 is 0 Å². The van der Waals surface area contributed by atoms with Crippen molar-refractivity contribution in [2.24, 2.45) is 0 Å². The number of ether oxygens (including phenoxy) is 1. The van der Waals surface area contributed by atoms with Crippen LogP contribution in [0.25, 0.3) is 11.8 Å². The summed E-state index contributed by atoms with van der Waals surface area (Å²) in [5.41, 5.74) is 5.88. The van der Waals surface area contributed by atoms with Crippen molar-refractivity contribution in [3.8, 4) is 11.6 Å². The van der Waals surface area contributed by atoms with E-state index in [9.17, 15) is 9.59 Å². The molecule has 1 atom stereocenters. The zero-order valence-electron chi connectivity index (χ0n) is 25.1. The van der Waals surface area contributed by atoms with Gasteiger partial charge >= 0.3 is 0 Å². The lowest BCUT2D eigenvalue weighted by Gasteiger charge is -2.37. The Kier molecular flexibility index (Phi) is 9.06. The Hall–Kier alpha value is -5.57. The third-order valence-corrected chi connectivity index (χ3v) is 8.02. The second kappa shape index (κ2) is 13.8. The molecule has 3 heterocycles. The quantitative estimate of drug-likeness (QED) is 0.212. The topological polar surface area (TPSA) is 93.4 Å². The Morgan fingerprint density at radius 1 is 0.933 bits per heavy atom. The number of hydrogen-bond acceptors (Lipinski definition) is 6. The third kappa shape index (κ3) is 7.15. The summed E-state index contributed by atoms with van der Waals surface area (Å²) in [6.45, 7) is 1.36. The van der Waals surface area contributed by atoms with E-state index in [1.165, 1.54) is 18.0 Å². The molecule has 2 aromatic heterocycles. The maximum Gasteiger partial charge on any atom is 0.247 e. The molecule has 0 spiro atoms. The molecular weight excluding hydrogens is 564 g/mol. The number of nitrogens with zero attached hydrogens (tertiary/aromatic N) is 6. The highest BCUT2D eigenvalue weighted by Crippen LogP contribution is 2.23. The lowest BCUT2D eigenvalue weighted by atomic mass is 9.97. The fourth-order valence-corrected chi connectivity index (χ4v) is 5.57. The van der Waals surface area contributed by atoms with Crippen molar-refractivity contribution in [1.82, 2.24) is 29.5 Å². The normalized spacial score (nSPS) is 13.3. The standard InChI is InChI=1S/C36H34N6O3/c1-45-34-17-13-28(22-38-34)14-18-35(43)41(23-29-11-15-32(16-12-29)42-26-37-25-39-42)33(21-27-7-3-2-4-8-27)36(44)40-20-19-30-9-5-6-10-31(30)24-40/h2-18,22,25-26,33H,19-21,23-24H2,1H3/t33-/m0/s1. The first-order chi connectivity index (χ1) is 22.1. The first kappa shape index (κ1) is 29.5. The SMILES string of the molecule is COc1ccc(C=CC(=O)N(Cc2ccc(-n3cncn3)cc2)[C@@H](Cc2ccccc2)C(=O)N2CCc3ccccc3C2)cn1. The molecule has 0 bridgehead atoms. The van der Waals surface area contributed by atoms with Gasteiger partial charge in [-0.25, -0.2) is 14.6 Å². The van der Waals surface area contributed by atoms with Gasteiger partial charge in [-0.1, -0.05) is 66.7 Å². The van der Waals surface area contributed by atoms with E-state index in [0.29, 0.717) is 25.4 Å². The number of carbonyl (C=O) groups is 2. The zero-order valence-corrected chi connectivity index (χ0v) is 25.1. The Bertz CT molecular complexity index is 1750. The van der Waals surface area contributed by atoms with Gasteiger partial charge in [0.25, 0.3) is 0 Å². The molecule has 0 saturated heterocycles. The second-order valence-electron chi connectivity index (χ2n) is 10.9. The third-order valence-electron chi connectivity index (χ3n) is 8.02. The highest BCUT2D eigenvalue weighted by atomic mass is 16.5. The number of methoxy groups -OCH3 is 1. The summed E-state index contributed by atoms with van der Waals surface area (Å²) in [6.07, 6.45) is 9.17. The van der Waals surface area contributed by atoms with Crippen LogP contribution in [0.3, 0.4) is 0 Å². The molecular formula is C36H34N6O3. The van der Waals surface area contributed by atoms with Gasteiger partial charge in [-0.3, -0.25) is 9.59 Å². The lowest BCUT2D eigenvalue weighted by molar-refractivity contribution is -0.144. The molecule has 2 amide bonds. The van der Waals surface area contributed by atoms with Crippen LogP contribution in [0.2, 0.25) is 0 Å². The molecule has 0 N–H and O–H groups in total. The minimum absolute atomic E-state index is 0.0690. The summed E-state index contributed by atoms with van der Waals surface area (Å²) in [7, 11) is 1.56. The van der Waals surface area contributed by atoms with E-state index in [4.69, 9.17) is 4.74 Å². The van der Waals surface area contributed by atoms with Crippen molar-refractivity contribution in [2.45, 2.75) is 32.0 Å². The zero-order chi connectivity index (χ0) is 31.0. The second-order valence-corrected chi connectivity index (χ2v) is 10.9. The number of aromatic nitrogens is 4. The summed E-state index contributed by atoms with van der Waals surface area (Å²) in [5.74, 6) is 0.157. The van der Waals surface area contributed by atoms with Gasteiger partial charge in [-0.05, 0) is 58.5 Å². The molecule has 226 valence electrons. The van der Waals surface area contributed by atoms with Crippen LogP contribution in [0, 0.1) is 0 Å². The highest BCUT2D eigenvalue weighted by molar-refractivity contribution is 5.95. The lowest BCUT2D eigenvalue weighted by Crippen LogP contribution is -2.52. The maximum absolute atomic E-state index is 14.5. The molecule has 0 radical (unpaired) electrons. The van der Waals surface area contributed by atoms with Gasteiger partial charge in [-0.2, -0.15) is 5.10 Å². The number of benzene rings is 3. The maximum atomic E-state index is 14.5. The number of pyridine rings is 1. The van der Waals surface area contributed by atoms with Crippen LogP contribution in [0.15, 0.2) is 116 Å². The van der Waals surface area contributed by atoms with Gasteiger partial charge in [0.1, 0.15) is 18.7 Å². The van der Waals surface area contributed by atoms with Crippen LogP contribution in [-0.4, -0.2) is 61.1 Å². The van der Waals surface area contributed by atoms with Crippen LogP contribution >= 0.6 is 0 Å². The minimum Gasteiger partial charge on any atom is -0.481 e. The first-order valence-electron chi connectivity index (χ1n) is 14.9. The molecule has 0 saturated carbocycles. The van der Waals surface area contributed by atoms with Crippen molar-refractivity contribution in [3.63, 3.8) is 0 Å².